The Kier molecular flexibility index (Phi) is 9.98. The molecule has 3 nitrogen and oxygen atoms in total. The number of fused-ring (bicyclic) bond motifs is 5. The van der Waals surface area contributed by atoms with Gasteiger partial charge in [-0.3, -0.25) is 0 Å². The van der Waals surface area contributed by atoms with E-state index in [1.54, 1.807) is 5.57 Å². The van der Waals surface area contributed by atoms with E-state index in [-0.39, 0.29) is 28.6 Å². The SMILES string of the molecule is CC.CCC(OC[C@](C)(N)C(C)C)[C@@]1(C)COC(C)[C@]2(C)C3=CC[C@]45C=CC[C@]([C@H](C)C(C)C)(CCC4(C)C3CCC12)C5. The molecular formula is C40H71NO2. The highest BCUT2D eigenvalue weighted by Gasteiger charge is 2.67. The first-order valence-corrected chi connectivity index (χ1v) is 18.4. The molecule has 248 valence electrons. The minimum Gasteiger partial charge on any atom is -0.377 e. The molecular weight excluding hydrogens is 526 g/mol. The fraction of sp³-hybridized carbons (Fsp3) is 0.900. The zero-order valence-corrected chi connectivity index (χ0v) is 30.7. The van der Waals surface area contributed by atoms with Crippen molar-refractivity contribution in [2.24, 2.45) is 62.4 Å². The highest BCUT2D eigenvalue weighted by atomic mass is 16.5. The second-order valence-corrected chi connectivity index (χ2v) is 17.4. The van der Waals surface area contributed by atoms with Crippen molar-refractivity contribution in [3.05, 3.63) is 23.8 Å². The molecule has 3 fully saturated rings. The van der Waals surface area contributed by atoms with Crippen molar-refractivity contribution in [1.82, 2.24) is 0 Å². The lowest BCUT2D eigenvalue weighted by Gasteiger charge is -2.69. The van der Waals surface area contributed by atoms with Gasteiger partial charge in [-0.1, -0.05) is 100.0 Å². The largest absolute Gasteiger partial charge is 0.377 e. The maximum atomic E-state index is 6.83. The van der Waals surface area contributed by atoms with Gasteiger partial charge in [-0.05, 0) is 111 Å². The Bertz CT molecular complexity index is 1040. The molecule has 43 heavy (non-hydrogen) atoms. The quantitative estimate of drug-likeness (QED) is 0.283. The number of hydrogen-bond acceptors (Lipinski definition) is 3. The maximum absolute atomic E-state index is 6.83. The monoisotopic (exact) mass is 598 g/mol. The zero-order valence-electron chi connectivity index (χ0n) is 30.7. The maximum Gasteiger partial charge on any atom is 0.0652 e. The molecule has 1 heterocycles. The molecule has 5 rings (SSSR count). The van der Waals surface area contributed by atoms with Crippen molar-refractivity contribution in [1.29, 1.82) is 0 Å². The predicted molar refractivity (Wildman–Crippen MR) is 184 cm³/mol. The van der Waals surface area contributed by atoms with Crippen LogP contribution in [0.5, 0.6) is 0 Å². The molecule has 0 amide bonds. The molecule has 5 unspecified atom stereocenters. The average molecular weight is 598 g/mol. The summed E-state index contributed by atoms with van der Waals surface area (Å²) in [5.74, 6) is 3.10. The molecule has 3 heteroatoms. The molecule has 0 aromatic rings. The lowest BCUT2D eigenvalue weighted by molar-refractivity contribution is -0.225. The topological polar surface area (TPSA) is 44.5 Å². The van der Waals surface area contributed by atoms with E-state index in [0.717, 1.165) is 24.9 Å². The van der Waals surface area contributed by atoms with Gasteiger partial charge in [0.1, 0.15) is 0 Å². The van der Waals surface area contributed by atoms with E-state index in [1.807, 2.05) is 13.8 Å². The summed E-state index contributed by atoms with van der Waals surface area (Å²) in [5.41, 5.74) is 9.25. The first kappa shape index (κ1) is 35.2. The fourth-order valence-electron chi connectivity index (χ4n) is 11.1. The molecule has 1 saturated heterocycles. The first-order valence-electron chi connectivity index (χ1n) is 18.4. The average Bonchev–Trinajstić information content (AvgIpc) is 2.97. The number of rotatable bonds is 8. The highest BCUT2D eigenvalue weighted by molar-refractivity contribution is 5.36. The molecule has 0 aromatic carbocycles. The van der Waals surface area contributed by atoms with Crippen LogP contribution in [-0.4, -0.2) is 31.0 Å². The minimum absolute atomic E-state index is 0.0237. The highest BCUT2D eigenvalue weighted by Crippen LogP contribution is 2.74. The van der Waals surface area contributed by atoms with Gasteiger partial charge in [0.15, 0.2) is 0 Å². The summed E-state index contributed by atoms with van der Waals surface area (Å²) in [5, 5.41) is 0. The van der Waals surface area contributed by atoms with Gasteiger partial charge in [0.05, 0.1) is 25.4 Å². The normalized spacial score (nSPS) is 44.7. The Morgan fingerprint density at radius 2 is 1.72 bits per heavy atom. The Balaban J connectivity index is 0.00000207. The summed E-state index contributed by atoms with van der Waals surface area (Å²) in [6.07, 6.45) is 18.7. The van der Waals surface area contributed by atoms with Gasteiger partial charge in [-0.15, -0.1) is 0 Å². The third-order valence-corrected chi connectivity index (χ3v) is 15.1. The summed E-state index contributed by atoms with van der Waals surface area (Å²) in [4.78, 5) is 0. The third kappa shape index (κ3) is 5.26. The molecule has 0 aromatic heterocycles. The molecule has 5 aliphatic rings. The van der Waals surface area contributed by atoms with E-state index in [0.29, 0.717) is 40.6 Å². The van der Waals surface area contributed by atoms with Crippen LogP contribution in [0.1, 0.15) is 141 Å². The van der Waals surface area contributed by atoms with Gasteiger partial charge in [-0.25, -0.2) is 0 Å². The van der Waals surface area contributed by atoms with E-state index in [1.165, 1.54) is 44.9 Å². The summed E-state index contributed by atoms with van der Waals surface area (Å²) in [6.45, 7) is 31.8. The van der Waals surface area contributed by atoms with Gasteiger partial charge in [0.2, 0.25) is 0 Å². The third-order valence-electron chi connectivity index (χ3n) is 15.1. The standard InChI is InChI=1S/C38H65NO2.C2H6/c1-12-32(41-24-35(10,39)26(4)5)33(8)23-40-28(7)36(11)30-16-19-38-18-13-17-37(22-38,27(6)25(2)3)21-20-34(38,9)29(30)14-15-31(33)36;1-2/h13,16,18,25-29,31-32H,12,14-15,17,19-24,39H2,1-11H3;1-2H3/t27-,28?,29?,31?,32?,33+,34?,35+,36-,37+,38+;/m1./s1. The Labute approximate surface area is 267 Å². The Morgan fingerprint density at radius 1 is 1.05 bits per heavy atom. The van der Waals surface area contributed by atoms with Crippen molar-refractivity contribution in [3.8, 4) is 0 Å². The van der Waals surface area contributed by atoms with Crippen molar-refractivity contribution in [2.45, 2.75) is 159 Å². The van der Waals surface area contributed by atoms with Crippen LogP contribution in [0.25, 0.3) is 0 Å². The minimum atomic E-state index is -0.320. The lowest BCUT2D eigenvalue weighted by Crippen LogP contribution is -2.65. The summed E-state index contributed by atoms with van der Waals surface area (Å²) in [6, 6.07) is 0. The second-order valence-electron chi connectivity index (χ2n) is 17.4. The van der Waals surface area contributed by atoms with Gasteiger partial charge < -0.3 is 15.2 Å². The van der Waals surface area contributed by atoms with Crippen LogP contribution >= 0.6 is 0 Å². The van der Waals surface area contributed by atoms with Gasteiger partial charge in [0.25, 0.3) is 0 Å². The van der Waals surface area contributed by atoms with E-state index in [2.05, 4.69) is 94.4 Å². The molecule has 2 bridgehead atoms. The van der Waals surface area contributed by atoms with E-state index >= 15 is 0 Å². The summed E-state index contributed by atoms with van der Waals surface area (Å²) < 4.78 is 13.6. The van der Waals surface area contributed by atoms with Crippen LogP contribution in [-0.2, 0) is 9.47 Å². The van der Waals surface area contributed by atoms with Gasteiger partial charge in [-0.2, -0.15) is 0 Å². The van der Waals surface area contributed by atoms with Crippen molar-refractivity contribution in [2.75, 3.05) is 13.2 Å². The molecule has 1 spiro atoms. The van der Waals surface area contributed by atoms with E-state index in [4.69, 9.17) is 15.2 Å². The van der Waals surface area contributed by atoms with Crippen LogP contribution < -0.4 is 5.73 Å². The second kappa shape index (κ2) is 12.2. The van der Waals surface area contributed by atoms with Crippen LogP contribution in [0.2, 0.25) is 0 Å². The Hall–Kier alpha value is -0.640. The van der Waals surface area contributed by atoms with Crippen molar-refractivity contribution < 1.29 is 9.47 Å². The molecule has 4 aliphatic carbocycles. The number of ether oxygens (including phenoxy) is 2. The molecule has 2 saturated carbocycles. The lowest BCUT2D eigenvalue weighted by atomic mass is 9.36. The van der Waals surface area contributed by atoms with E-state index in [9.17, 15) is 0 Å². The van der Waals surface area contributed by atoms with Crippen LogP contribution in [0.15, 0.2) is 23.8 Å². The van der Waals surface area contributed by atoms with Crippen LogP contribution in [0, 0.1) is 56.7 Å². The fourth-order valence-corrected chi connectivity index (χ4v) is 11.1. The summed E-state index contributed by atoms with van der Waals surface area (Å²) in [7, 11) is 0. The van der Waals surface area contributed by atoms with Crippen molar-refractivity contribution in [3.63, 3.8) is 0 Å². The molecule has 1 aliphatic heterocycles. The number of allylic oxidation sites excluding steroid dienone is 3. The van der Waals surface area contributed by atoms with E-state index < -0.39 is 0 Å². The predicted octanol–water partition coefficient (Wildman–Crippen LogP) is 10.4. The van der Waals surface area contributed by atoms with Crippen LogP contribution in [0.4, 0.5) is 0 Å². The first-order chi connectivity index (χ1) is 20.0. The number of hydrogen-bond donors (Lipinski definition) is 1. The number of nitrogens with two attached hydrogens (primary N) is 1. The van der Waals surface area contributed by atoms with Crippen LogP contribution in [0.3, 0.4) is 0 Å². The molecule has 0 radical (unpaired) electrons. The van der Waals surface area contributed by atoms with Crippen molar-refractivity contribution >= 4 is 0 Å². The molecule has 2 N–H and O–H groups in total. The summed E-state index contributed by atoms with van der Waals surface area (Å²) >= 11 is 0. The Morgan fingerprint density at radius 3 is 2.33 bits per heavy atom. The smallest absolute Gasteiger partial charge is 0.0652 e. The zero-order chi connectivity index (χ0) is 32.2. The van der Waals surface area contributed by atoms with Gasteiger partial charge in [0, 0.05) is 16.4 Å². The molecule has 11 atom stereocenters. The van der Waals surface area contributed by atoms with Gasteiger partial charge >= 0.3 is 0 Å².